The standard InChI is InChI=1S/C13H28N2O2S/c1-4-18(16,17)15-7-5-6-14-13-9-11(2)8-12(3)10-13/h11-15H,4-10H2,1-3H3/t11-,12-/m0/s1. The highest BCUT2D eigenvalue weighted by Crippen LogP contribution is 2.28. The molecule has 1 aliphatic carbocycles. The third-order valence-electron chi connectivity index (χ3n) is 3.67. The fourth-order valence-corrected chi connectivity index (χ4v) is 3.50. The lowest BCUT2D eigenvalue weighted by Crippen LogP contribution is -2.38. The predicted octanol–water partition coefficient (Wildman–Crippen LogP) is 1.73. The van der Waals surface area contributed by atoms with Crippen LogP contribution in [0.25, 0.3) is 0 Å². The lowest BCUT2D eigenvalue weighted by molar-refractivity contribution is 0.239. The lowest BCUT2D eigenvalue weighted by atomic mass is 9.80. The fraction of sp³-hybridized carbons (Fsp3) is 1.00. The molecule has 0 heterocycles. The van der Waals surface area contributed by atoms with Crippen molar-refractivity contribution < 1.29 is 8.42 Å². The van der Waals surface area contributed by atoms with Gasteiger partial charge in [-0.1, -0.05) is 13.8 Å². The monoisotopic (exact) mass is 276 g/mol. The van der Waals surface area contributed by atoms with Crippen LogP contribution in [-0.4, -0.2) is 33.3 Å². The molecule has 0 saturated heterocycles. The van der Waals surface area contributed by atoms with E-state index >= 15 is 0 Å². The maximum atomic E-state index is 11.2. The number of sulfonamides is 1. The summed E-state index contributed by atoms with van der Waals surface area (Å²) in [5.41, 5.74) is 0. The first kappa shape index (κ1) is 15.9. The Morgan fingerprint density at radius 3 is 2.22 bits per heavy atom. The molecule has 0 amide bonds. The van der Waals surface area contributed by atoms with Crippen molar-refractivity contribution in [2.75, 3.05) is 18.8 Å². The highest BCUT2D eigenvalue weighted by molar-refractivity contribution is 7.89. The molecular formula is C13H28N2O2S. The summed E-state index contributed by atoms with van der Waals surface area (Å²) in [6.07, 6.45) is 4.71. The molecule has 18 heavy (non-hydrogen) atoms. The van der Waals surface area contributed by atoms with Crippen molar-refractivity contribution in [2.24, 2.45) is 11.8 Å². The number of rotatable bonds is 7. The molecule has 0 unspecified atom stereocenters. The van der Waals surface area contributed by atoms with Gasteiger partial charge in [-0.2, -0.15) is 0 Å². The van der Waals surface area contributed by atoms with Crippen molar-refractivity contribution >= 4 is 10.0 Å². The number of hydrogen-bond donors (Lipinski definition) is 2. The first-order valence-electron chi connectivity index (χ1n) is 7.13. The highest BCUT2D eigenvalue weighted by atomic mass is 32.2. The van der Waals surface area contributed by atoms with Gasteiger partial charge in [0.25, 0.3) is 0 Å². The number of hydrogen-bond acceptors (Lipinski definition) is 3. The van der Waals surface area contributed by atoms with Crippen LogP contribution in [0.15, 0.2) is 0 Å². The second-order valence-corrected chi connectivity index (χ2v) is 7.82. The van der Waals surface area contributed by atoms with Gasteiger partial charge in [0.05, 0.1) is 5.75 Å². The molecule has 0 aromatic carbocycles. The van der Waals surface area contributed by atoms with Gasteiger partial charge in [0.15, 0.2) is 0 Å². The van der Waals surface area contributed by atoms with E-state index in [1.165, 1.54) is 19.3 Å². The molecule has 2 atom stereocenters. The third kappa shape index (κ3) is 6.16. The van der Waals surface area contributed by atoms with Gasteiger partial charge in [-0.25, -0.2) is 13.1 Å². The first-order chi connectivity index (χ1) is 8.43. The molecule has 2 N–H and O–H groups in total. The van der Waals surface area contributed by atoms with Crippen LogP contribution in [0.5, 0.6) is 0 Å². The van der Waals surface area contributed by atoms with Crippen molar-refractivity contribution in [3.05, 3.63) is 0 Å². The van der Waals surface area contributed by atoms with E-state index in [9.17, 15) is 8.42 Å². The Labute approximate surface area is 112 Å². The van der Waals surface area contributed by atoms with Gasteiger partial charge in [-0.05, 0) is 51.0 Å². The van der Waals surface area contributed by atoms with Gasteiger partial charge in [-0.15, -0.1) is 0 Å². The number of nitrogens with one attached hydrogen (secondary N) is 2. The Morgan fingerprint density at radius 1 is 1.06 bits per heavy atom. The van der Waals surface area contributed by atoms with Crippen molar-refractivity contribution in [3.8, 4) is 0 Å². The van der Waals surface area contributed by atoms with Gasteiger partial charge >= 0.3 is 0 Å². The summed E-state index contributed by atoms with van der Waals surface area (Å²) in [5, 5.41) is 3.55. The van der Waals surface area contributed by atoms with Crippen LogP contribution in [0, 0.1) is 11.8 Å². The molecule has 0 aromatic heterocycles. The largest absolute Gasteiger partial charge is 0.314 e. The Kier molecular flexibility index (Phi) is 6.60. The maximum absolute atomic E-state index is 11.2. The zero-order valence-electron chi connectivity index (χ0n) is 11.9. The van der Waals surface area contributed by atoms with Gasteiger partial charge < -0.3 is 5.32 Å². The molecule has 4 nitrogen and oxygen atoms in total. The summed E-state index contributed by atoms with van der Waals surface area (Å²) in [5.74, 6) is 1.78. The third-order valence-corrected chi connectivity index (χ3v) is 5.07. The second-order valence-electron chi connectivity index (χ2n) is 5.72. The van der Waals surface area contributed by atoms with Gasteiger partial charge in [0.1, 0.15) is 0 Å². The van der Waals surface area contributed by atoms with Crippen molar-refractivity contribution in [1.29, 1.82) is 0 Å². The van der Waals surface area contributed by atoms with Crippen molar-refractivity contribution in [3.63, 3.8) is 0 Å². The van der Waals surface area contributed by atoms with E-state index in [1.54, 1.807) is 6.92 Å². The van der Waals surface area contributed by atoms with Crippen LogP contribution in [0.3, 0.4) is 0 Å². The Balaban J connectivity index is 2.11. The molecule has 108 valence electrons. The van der Waals surface area contributed by atoms with Crippen molar-refractivity contribution in [2.45, 2.75) is 52.5 Å². The predicted molar refractivity (Wildman–Crippen MR) is 76.1 cm³/mol. The van der Waals surface area contributed by atoms with Crippen LogP contribution in [0.4, 0.5) is 0 Å². The average Bonchev–Trinajstić information content (AvgIpc) is 2.27. The summed E-state index contributed by atoms with van der Waals surface area (Å²) >= 11 is 0. The zero-order valence-corrected chi connectivity index (χ0v) is 12.7. The molecule has 0 spiro atoms. The summed E-state index contributed by atoms with van der Waals surface area (Å²) in [7, 11) is -3.02. The van der Waals surface area contributed by atoms with E-state index < -0.39 is 10.0 Å². The van der Waals surface area contributed by atoms with E-state index in [0.717, 1.165) is 24.8 Å². The smallest absolute Gasteiger partial charge is 0.211 e. The molecule has 0 aliphatic heterocycles. The minimum atomic E-state index is -3.02. The molecule has 0 radical (unpaired) electrons. The first-order valence-corrected chi connectivity index (χ1v) is 8.79. The summed E-state index contributed by atoms with van der Waals surface area (Å²) in [6.45, 7) is 7.74. The van der Waals surface area contributed by atoms with E-state index in [1.807, 2.05) is 0 Å². The second kappa shape index (κ2) is 7.46. The van der Waals surface area contributed by atoms with Crippen LogP contribution >= 0.6 is 0 Å². The minimum Gasteiger partial charge on any atom is -0.314 e. The molecule has 1 aliphatic rings. The fourth-order valence-electron chi connectivity index (χ4n) is 2.84. The van der Waals surface area contributed by atoms with Crippen LogP contribution in [0.2, 0.25) is 0 Å². The van der Waals surface area contributed by atoms with Crippen molar-refractivity contribution in [1.82, 2.24) is 10.0 Å². The van der Waals surface area contributed by atoms with E-state index in [-0.39, 0.29) is 5.75 Å². The molecule has 0 aromatic rings. The van der Waals surface area contributed by atoms with Crippen LogP contribution < -0.4 is 10.0 Å². The maximum Gasteiger partial charge on any atom is 0.211 e. The molecule has 5 heteroatoms. The Bertz CT molecular complexity index is 320. The summed E-state index contributed by atoms with van der Waals surface area (Å²) in [4.78, 5) is 0. The normalized spacial score (nSPS) is 29.4. The molecule has 0 bridgehead atoms. The summed E-state index contributed by atoms with van der Waals surface area (Å²) < 4.78 is 25.0. The summed E-state index contributed by atoms with van der Waals surface area (Å²) in [6, 6.07) is 0.617. The minimum absolute atomic E-state index is 0.165. The zero-order chi connectivity index (χ0) is 13.6. The SMILES string of the molecule is CCS(=O)(=O)NCCCNC1C[C@@H](C)C[C@H](C)C1. The topological polar surface area (TPSA) is 58.2 Å². The lowest BCUT2D eigenvalue weighted by Gasteiger charge is -2.32. The molecule has 1 saturated carbocycles. The van der Waals surface area contributed by atoms with Crippen LogP contribution in [0.1, 0.15) is 46.5 Å². The molecular weight excluding hydrogens is 248 g/mol. The van der Waals surface area contributed by atoms with E-state index in [2.05, 4.69) is 23.9 Å². The average molecular weight is 276 g/mol. The van der Waals surface area contributed by atoms with Gasteiger partial charge in [0.2, 0.25) is 10.0 Å². The highest BCUT2D eigenvalue weighted by Gasteiger charge is 2.23. The van der Waals surface area contributed by atoms with E-state index in [0.29, 0.717) is 12.6 Å². The molecule has 1 rings (SSSR count). The van der Waals surface area contributed by atoms with Gasteiger partial charge in [-0.3, -0.25) is 0 Å². The quantitative estimate of drug-likeness (QED) is 0.696. The molecule has 1 fully saturated rings. The van der Waals surface area contributed by atoms with Crippen LogP contribution in [-0.2, 0) is 10.0 Å². The van der Waals surface area contributed by atoms with Gasteiger partial charge in [0, 0.05) is 12.6 Å². The van der Waals surface area contributed by atoms with E-state index in [4.69, 9.17) is 0 Å². The Morgan fingerprint density at radius 2 is 1.67 bits per heavy atom. The Hall–Kier alpha value is -0.130.